The summed E-state index contributed by atoms with van der Waals surface area (Å²) in [6.45, 7) is 0. The predicted octanol–water partition coefficient (Wildman–Crippen LogP) is 2.17. The zero-order valence-electron chi connectivity index (χ0n) is 4.47. The van der Waals surface area contributed by atoms with Gasteiger partial charge in [-0.2, -0.15) is 0 Å². The van der Waals surface area contributed by atoms with Crippen molar-refractivity contribution < 1.29 is 9.36 Å². The maximum atomic E-state index is 9.51. The predicted molar refractivity (Wildman–Crippen MR) is 40.3 cm³/mol. The van der Waals surface area contributed by atoms with E-state index in [4.69, 9.17) is 4.79 Å². The van der Waals surface area contributed by atoms with Crippen molar-refractivity contribution in [3.05, 3.63) is 0 Å². The molecule has 9 heavy (non-hydrogen) atoms. The molecule has 0 fully saturated rings. The van der Waals surface area contributed by atoms with Gasteiger partial charge in [0.25, 0.3) is 0 Å². The van der Waals surface area contributed by atoms with E-state index in [1.165, 1.54) is 0 Å². The number of halogens is 3. The summed E-state index contributed by atoms with van der Waals surface area (Å²) in [4.78, 5) is 9.06. The Labute approximate surface area is 67.4 Å². The molecule has 3 nitrogen and oxygen atoms in total. The third kappa shape index (κ3) is 150. The summed E-state index contributed by atoms with van der Waals surface area (Å²) in [5.74, 6) is 0. The van der Waals surface area contributed by atoms with E-state index in [9.17, 15) is 4.57 Å². The second kappa shape index (κ2) is 6.69. The number of nitrogens with one attached hydrogen (secondary N) is 1. The van der Waals surface area contributed by atoms with Crippen LogP contribution in [0, 0.1) is 0 Å². The van der Waals surface area contributed by atoms with Gasteiger partial charge < -0.3 is 5.32 Å². The monoisotopic (exact) mass is 211 g/mol. The first-order chi connectivity index (χ1) is 3.91. The molecule has 0 aromatic heterocycles. The molecule has 0 spiro atoms. The van der Waals surface area contributed by atoms with Crippen molar-refractivity contribution in [2.75, 3.05) is 7.05 Å². The molecule has 56 valence electrons. The van der Waals surface area contributed by atoms with Crippen LogP contribution in [-0.4, -0.2) is 13.5 Å². The molecule has 7 heteroatoms. The molecule has 0 saturated carbocycles. The van der Waals surface area contributed by atoms with E-state index in [1.54, 1.807) is 7.05 Å². The standard InChI is InChI=1S/C2H5NO.Cl3OP/c1-3-2-4;1-5(2,3)4/h2H,1H3,(H,3,4);. The van der Waals surface area contributed by atoms with E-state index >= 15 is 0 Å². The van der Waals surface area contributed by atoms with Crippen LogP contribution in [0.2, 0.25) is 0 Å². The van der Waals surface area contributed by atoms with Crippen LogP contribution in [-0.2, 0) is 9.36 Å². The summed E-state index contributed by atoms with van der Waals surface area (Å²) < 4.78 is 9.51. The van der Waals surface area contributed by atoms with Crippen LogP contribution in [0.4, 0.5) is 0 Å². The molecule has 1 N–H and O–H groups in total. The lowest BCUT2D eigenvalue weighted by Gasteiger charge is -1.74. The third-order valence-corrected chi connectivity index (χ3v) is 0.118. The Bertz CT molecular complexity index is 104. The third-order valence-electron chi connectivity index (χ3n) is 0.118. The summed E-state index contributed by atoms with van der Waals surface area (Å²) in [5.41, 5.74) is 0. The summed E-state index contributed by atoms with van der Waals surface area (Å²) in [7, 11) is 1.56. The molecule has 0 saturated heterocycles. The molecule has 0 aliphatic rings. The van der Waals surface area contributed by atoms with Gasteiger partial charge in [-0.1, -0.05) is 0 Å². The molecule has 0 aliphatic carbocycles. The molecular weight excluding hydrogens is 207 g/mol. The Morgan fingerprint density at radius 3 is 1.56 bits per heavy atom. The number of hydrogen-bond acceptors (Lipinski definition) is 2. The summed E-state index contributed by atoms with van der Waals surface area (Å²) in [5, 5.41) is -0.972. The fourth-order valence-corrected chi connectivity index (χ4v) is 0. The Morgan fingerprint density at radius 1 is 1.44 bits per heavy atom. The van der Waals surface area contributed by atoms with Crippen molar-refractivity contribution in [2.24, 2.45) is 0 Å². The average Bonchev–Trinajstić information content (AvgIpc) is 1.61. The first-order valence-electron chi connectivity index (χ1n) is 1.71. The minimum Gasteiger partial charge on any atom is -0.362 e. The summed E-state index contributed by atoms with van der Waals surface area (Å²) in [6, 6.07) is 0. The molecule has 0 unspecified atom stereocenters. The minimum absolute atomic E-state index is 0.625. The van der Waals surface area contributed by atoms with Crippen LogP contribution in [0.15, 0.2) is 0 Å². The second-order valence-electron chi connectivity index (χ2n) is 0.805. The van der Waals surface area contributed by atoms with E-state index < -0.39 is 5.20 Å². The van der Waals surface area contributed by atoms with Crippen LogP contribution in [0.3, 0.4) is 0 Å². The molecule has 0 rings (SSSR count). The highest BCUT2D eigenvalue weighted by Crippen LogP contribution is 2.61. The highest BCUT2D eigenvalue weighted by atomic mass is 36.0. The lowest BCUT2D eigenvalue weighted by Crippen LogP contribution is -1.98. The largest absolute Gasteiger partial charge is 0.362 e. The Hall–Kier alpha value is 0.570. The molecule has 0 aliphatic heterocycles. The Balaban J connectivity index is 0. The van der Waals surface area contributed by atoms with Gasteiger partial charge in [-0.05, 0) is 33.7 Å². The first kappa shape index (κ1) is 12.3. The maximum Gasteiger partial charge on any atom is 0.339 e. The van der Waals surface area contributed by atoms with Crippen LogP contribution in [0.5, 0.6) is 0 Å². The van der Waals surface area contributed by atoms with Crippen molar-refractivity contribution >= 4 is 45.3 Å². The summed E-state index contributed by atoms with van der Waals surface area (Å²) >= 11 is 13.8. The van der Waals surface area contributed by atoms with E-state index in [1.807, 2.05) is 0 Å². The van der Waals surface area contributed by atoms with Crippen molar-refractivity contribution in [2.45, 2.75) is 0 Å². The van der Waals surface area contributed by atoms with E-state index in [2.05, 4.69) is 39.0 Å². The SMILES string of the molecule is CNC=O.O=P(Cl)(Cl)Cl. The highest BCUT2D eigenvalue weighted by Gasteiger charge is 2.02. The van der Waals surface area contributed by atoms with Crippen LogP contribution in [0.1, 0.15) is 0 Å². The topological polar surface area (TPSA) is 46.2 Å². The van der Waals surface area contributed by atoms with E-state index in [0.717, 1.165) is 0 Å². The Morgan fingerprint density at radius 2 is 1.56 bits per heavy atom. The molecule has 0 heterocycles. The minimum atomic E-state index is -3.22. The van der Waals surface area contributed by atoms with Gasteiger partial charge in [0.15, 0.2) is 0 Å². The fourth-order valence-electron chi connectivity index (χ4n) is 0. The number of hydrogen-bond donors (Lipinski definition) is 1. The number of amides is 1. The molecular formula is C2H5Cl3NO2P. The van der Waals surface area contributed by atoms with Crippen LogP contribution < -0.4 is 5.32 Å². The van der Waals surface area contributed by atoms with Gasteiger partial charge in [-0.3, -0.25) is 9.36 Å². The van der Waals surface area contributed by atoms with Gasteiger partial charge >= 0.3 is 5.20 Å². The maximum absolute atomic E-state index is 9.51. The van der Waals surface area contributed by atoms with Gasteiger partial charge in [0, 0.05) is 7.05 Å². The zero-order chi connectivity index (χ0) is 7.91. The van der Waals surface area contributed by atoms with Gasteiger partial charge in [0.05, 0.1) is 0 Å². The quantitative estimate of drug-likeness (QED) is 0.535. The van der Waals surface area contributed by atoms with Crippen molar-refractivity contribution in [3.63, 3.8) is 0 Å². The van der Waals surface area contributed by atoms with Gasteiger partial charge in [0.1, 0.15) is 0 Å². The zero-order valence-corrected chi connectivity index (χ0v) is 7.64. The number of carbonyl (C=O) groups is 1. The smallest absolute Gasteiger partial charge is 0.339 e. The first-order valence-corrected chi connectivity index (χ1v) is 6.14. The Kier molecular flexibility index (Phi) is 9.11. The van der Waals surface area contributed by atoms with Crippen LogP contribution in [0.25, 0.3) is 0 Å². The number of carbonyl (C=O) groups excluding carboxylic acids is 1. The normalized spacial score (nSPS) is 8.89. The second-order valence-corrected chi connectivity index (χ2v) is 7.44. The van der Waals surface area contributed by atoms with Gasteiger partial charge in [0.2, 0.25) is 6.41 Å². The molecule has 0 aromatic carbocycles. The highest BCUT2D eigenvalue weighted by molar-refractivity contribution is 8.24. The lowest BCUT2D eigenvalue weighted by atomic mass is 11.2. The molecule has 0 bridgehead atoms. The van der Waals surface area contributed by atoms with Gasteiger partial charge in [-0.25, -0.2) is 0 Å². The van der Waals surface area contributed by atoms with Crippen molar-refractivity contribution in [1.29, 1.82) is 0 Å². The molecule has 1 amide bonds. The summed E-state index contributed by atoms with van der Waals surface area (Å²) in [6.07, 6.45) is 0.625. The fraction of sp³-hybridized carbons (Fsp3) is 0.500. The molecule has 0 radical (unpaired) electrons. The molecule has 0 aromatic rings. The van der Waals surface area contributed by atoms with Crippen LogP contribution >= 0.6 is 38.9 Å². The molecule has 0 atom stereocenters. The number of rotatable bonds is 1. The van der Waals surface area contributed by atoms with E-state index in [-0.39, 0.29) is 0 Å². The lowest BCUT2D eigenvalue weighted by molar-refractivity contribution is -0.109. The van der Waals surface area contributed by atoms with Gasteiger partial charge in [-0.15, -0.1) is 0 Å². The van der Waals surface area contributed by atoms with Crippen molar-refractivity contribution in [1.82, 2.24) is 5.32 Å². The van der Waals surface area contributed by atoms with E-state index in [0.29, 0.717) is 6.41 Å². The van der Waals surface area contributed by atoms with Crippen molar-refractivity contribution in [3.8, 4) is 0 Å². The average molecular weight is 212 g/mol.